The predicted molar refractivity (Wildman–Crippen MR) is 83.3 cm³/mol. The van der Waals surface area contributed by atoms with Crippen molar-refractivity contribution in [3.63, 3.8) is 0 Å². The third-order valence-corrected chi connectivity index (χ3v) is 3.21. The lowest BCUT2D eigenvalue weighted by Crippen LogP contribution is -2.06. The molecule has 2 aromatic rings. The molecule has 0 atom stereocenters. The van der Waals surface area contributed by atoms with Crippen molar-refractivity contribution in [3.8, 4) is 5.75 Å². The third kappa shape index (κ3) is 4.24. The molecule has 0 saturated carbocycles. The molecule has 0 aliphatic rings. The van der Waals surface area contributed by atoms with Gasteiger partial charge in [-0.05, 0) is 36.7 Å². The smallest absolute Gasteiger partial charge is 0.269 e. The Balaban J connectivity index is 2.12. The Morgan fingerprint density at radius 1 is 0.957 bits per heavy atom. The van der Waals surface area contributed by atoms with E-state index >= 15 is 0 Å². The van der Waals surface area contributed by atoms with Gasteiger partial charge in [-0.25, -0.2) is 0 Å². The van der Waals surface area contributed by atoms with Crippen LogP contribution in [-0.4, -0.2) is 16.4 Å². The fourth-order valence-corrected chi connectivity index (χ4v) is 2.05. The van der Waals surface area contributed by atoms with Gasteiger partial charge in [0.1, 0.15) is 12.4 Å². The molecule has 0 aliphatic carbocycles. The van der Waals surface area contributed by atoms with E-state index in [0.29, 0.717) is 24.3 Å². The molecule has 0 aliphatic heterocycles. The fraction of sp³-hybridized carbons (Fsp3) is 0.200. The van der Waals surface area contributed by atoms with Gasteiger partial charge in [0.15, 0.2) is 0 Å². The summed E-state index contributed by atoms with van der Waals surface area (Å²) in [5.74, 6) is 0.513. The lowest BCUT2D eigenvalue weighted by molar-refractivity contribution is -0.385. The van der Waals surface area contributed by atoms with Crippen LogP contribution in [-0.2, 0) is 13.0 Å². The number of nitrogens with zero attached hydrogens (tertiary/aromatic N) is 2. The Bertz CT molecular complexity index is 716. The maximum atomic E-state index is 10.8. The van der Waals surface area contributed by atoms with Crippen molar-refractivity contribution < 1.29 is 14.6 Å². The number of ether oxygens (including phenoxy) is 1. The summed E-state index contributed by atoms with van der Waals surface area (Å²) >= 11 is 0. The molecule has 2 N–H and O–H groups in total. The average molecular weight is 317 g/mol. The highest BCUT2D eigenvalue weighted by Crippen LogP contribution is 2.25. The summed E-state index contributed by atoms with van der Waals surface area (Å²) in [5.41, 5.74) is 6.92. The van der Waals surface area contributed by atoms with Crippen molar-refractivity contribution >= 4 is 11.4 Å². The molecule has 8 heteroatoms. The Labute approximate surface area is 131 Å². The minimum Gasteiger partial charge on any atom is -0.489 e. The Morgan fingerprint density at radius 3 is 2.13 bits per heavy atom. The number of nitrogens with two attached hydrogens (primary N) is 1. The Kier molecular flexibility index (Phi) is 5.21. The molecule has 0 spiro atoms. The van der Waals surface area contributed by atoms with Crippen LogP contribution < -0.4 is 10.5 Å². The second-order valence-corrected chi connectivity index (χ2v) is 4.80. The minimum atomic E-state index is -0.472. The maximum Gasteiger partial charge on any atom is 0.269 e. The van der Waals surface area contributed by atoms with Crippen LogP contribution in [0.1, 0.15) is 11.1 Å². The molecular weight excluding hydrogens is 302 g/mol. The zero-order chi connectivity index (χ0) is 16.8. The zero-order valence-corrected chi connectivity index (χ0v) is 12.2. The quantitative estimate of drug-likeness (QED) is 0.618. The average Bonchev–Trinajstić information content (AvgIpc) is 2.54. The van der Waals surface area contributed by atoms with E-state index in [2.05, 4.69) is 0 Å². The Morgan fingerprint density at radius 2 is 1.57 bits per heavy atom. The van der Waals surface area contributed by atoms with Crippen LogP contribution in [0.2, 0.25) is 0 Å². The number of non-ortho nitro benzene ring substituents is 2. The van der Waals surface area contributed by atoms with Crippen LogP contribution in [0.15, 0.2) is 42.5 Å². The molecule has 120 valence electrons. The summed E-state index contributed by atoms with van der Waals surface area (Å²) < 4.78 is 5.66. The van der Waals surface area contributed by atoms with E-state index in [1.165, 1.54) is 30.3 Å². The van der Waals surface area contributed by atoms with E-state index in [1.54, 1.807) is 12.1 Å². The van der Waals surface area contributed by atoms with Crippen LogP contribution in [0.4, 0.5) is 11.4 Å². The molecule has 0 amide bonds. The topological polar surface area (TPSA) is 122 Å². The van der Waals surface area contributed by atoms with Crippen LogP contribution >= 0.6 is 0 Å². The number of nitro benzene ring substituents is 2. The second kappa shape index (κ2) is 7.32. The molecule has 0 heterocycles. The van der Waals surface area contributed by atoms with E-state index in [-0.39, 0.29) is 18.0 Å². The summed E-state index contributed by atoms with van der Waals surface area (Å²) in [7, 11) is 0. The SMILES string of the molecule is NCCc1cc([N+](=O)[O-])ccc1OCc1ccc([N+](=O)[O-])cc1. The van der Waals surface area contributed by atoms with Crippen molar-refractivity contribution in [2.45, 2.75) is 13.0 Å². The molecule has 0 radical (unpaired) electrons. The molecule has 0 saturated heterocycles. The van der Waals surface area contributed by atoms with E-state index in [9.17, 15) is 20.2 Å². The molecule has 2 aromatic carbocycles. The van der Waals surface area contributed by atoms with Gasteiger partial charge in [0.05, 0.1) is 9.85 Å². The highest BCUT2D eigenvalue weighted by atomic mass is 16.6. The highest BCUT2D eigenvalue weighted by Gasteiger charge is 2.12. The molecular formula is C15H15N3O5. The van der Waals surface area contributed by atoms with E-state index < -0.39 is 9.85 Å². The summed E-state index contributed by atoms with van der Waals surface area (Å²) in [4.78, 5) is 20.5. The maximum absolute atomic E-state index is 10.8. The van der Waals surface area contributed by atoms with Crippen LogP contribution in [0.3, 0.4) is 0 Å². The molecule has 2 rings (SSSR count). The first-order valence-corrected chi connectivity index (χ1v) is 6.85. The largest absolute Gasteiger partial charge is 0.489 e. The van der Waals surface area contributed by atoms with Crippen molar-refractivity contribution in [1.29, 1.82) is 0 Å². The number of hydrogen-bond donors (Lipinski definition) is 1. The molecule has 0 fully saturated rings. The normalized spacial score (nSPS) is 10.3. The molecule has 0 bridgehead atoms. The van der Waals surface area contributed by atoms with Gasteiger partial charge in [-0.1, -0.05) is 0 Å². The van der Waals surface area contributed by atoms with Gasteiger partial charge in [0, 0.05) is 29.8 Å². The number of hydrogen-bond acceptors (Lipinski definition) is 6. The first-order chi connectivity index (χ1) is 11.0. The van der Waals surface area contributed by atoms with Crippen molar-refractivity contribution in [1.82, 2.24) is 0 Å². The fourth-order valence-electron chi connectivity index (χ4n) is 2.05. The summed E-state index contributed by atoms with van der Waals surface area (Å²) in [6, 6.07) is 10.3. The number of nitro groups is 2. The first-order valence-electron chi connectivity index (χ1n) is 6.85. The van der Waals surface area contributed by atoms with Crippen LogP contribution in [0.5, 0.6) is 5.75 Å². The predicted octanol–water partition coefficient (Wildman–Crippen LogP) is 2.58. The zero-order valence-electron chi connectivity index (χ0n) is 12.2. The third-order valence-electron chi connectivity index (χ3n) is 3.21. The van der Waals surface area contributed by atoms with E-state index in [0.717, 1.165) is 5.56 Å². The summed E-state index contributed by atoms with van der Waals surface area (Å²) in [6.45, 7) is 0.544. The lowest BCUT2D eigenvalue weighted by atomic mass is 10.1. The molecule has 0 unspecified atom stereocenters. The molecule has 8 nitrogen and oxygen atoms in total. The first kappa shape index (κ1) is 16.4. The van der Waals surface area contributed by atoms with Gasteiger partial charge in [0.2, 0.25) is 0 Å². The van der Waals surface area contributed by atoms with Gasteiger partial charge in [-0.2, -0.15) is 0 Å². The van der Waals surface area contributed by atoms with Crippen LogP contribution in [0, 0.1) is 20.2 Å². The van der Waals surface area contributed by atoms with Crippen molar-refractivity contribution in [3.05, 3.63) is 73.8 Å². The van der Waals surface area contributed by atoms with Gasteiger partial charge in [0.25, 0.3) is 11.4 Å². The lowest BCUT2D eigenvalue weighted by Gasteiger charge is -2.11. The highest BCUT2D eigenvalue weighted by molar-refractivity contribution is 5.44. The van der Waals surface area contributed by atoms with E-state index in [1.807, 2.05) is 0 Å². The van der Waals surface area contributed by atoms with Crippen LogP contribution in [0.25, 0.3) is 0 Å². The van der Waals surface area contributed by atoms with Gasteiger partial charge in [-0.15, -0.1) is 0 Å². The van der Waals surface area contributed by atoms with Gasteiger partial charge in [-0.3, -0.25) is 20.2 Å². The molecule has 0 aromatic heterocycles. The van der Waals surface area contributed by atoms with Crippen molar-refractivity contribution in [2.75, 3.05) is 6.54 Å². The summed E-state index contributed by atoms with van der Waals surface area (Å²) in [5, 5.41) is 21.4. The van der Waals surface area contributed by atoms with Crippen molar-refractivity contribution in [2.24, 2.45) is 5.73 Å². The van der Waals surface area contributed by atoms with Gasteiger partial charge >= 0.3 is 0 Å². The number of benzene rings is 2. The summed E-state index contributed by atoms with van der Waals surface area (Å²) in [6.07, 6.45) is 0.456. The second-order valence-electron chi connectivity index (χ2n) is 4.80. The number of rotatable bonds is 7. The minimum absolute atomic E-state index is 0.00732. The standard InChI is InChI=1S/C15H15N3O5/c16-8-7-12-9-14(18(21)22)5-6-15(12)23-10-11-1-3-13(4-2-11)17(19)20/h1-6,9H,7-8,10,16H2. The van der Waals surface area contributed by atoms with Gasteiger partial charge < -0.3 is 10.5 Å². The Hall–Kier alpha value is -3.00. The van der Waals surface area contributed by atoms with E-state index in [4.69, 9.17) is 10.5 Å². The molecule has 23 heavy (non-hydrogen) atoms. The monoisotopic (exact) mass is 317 g/mol.